The number of carbonyl (C=O) groups is 1. The smallest absolute Gasteiger partial charge is 0.304 e. The topological polar surface area (TPSA) is 58.6 Å². The van der Waals surface area contributed by atoms with E-state index < -0.39 is 5.97 Å². The van der Waals surface area contributed by atoms with Gasteiger partial charge in [-0.2, -0.15) is 0 Å². The Morgan fingerprint density at radius 2 is 2.25 bits per heavy atom. The van der Waals surface area contributed by atoms with Gasteiger partial charge in [-0.05, 0) is 30.7 Å². The van der Waals surface area contributed by atoms with Gasteiger partial charge in [-0.3, -0.25) is 4.79 Å². The van der Waals surface area contributed by atoms with Crippen LogP contribution in [0, 0.1) is 0 Å². The predicted octanol–water partition coefficient (Wildman–Crippen LogP) is 1.30. The second kappa shape index (κ2) is 6.85. The third-order valence-electron chi connectivity index (χ3n) is 2.24. The number of hydrogen-bond acceptors (Lipinski definition) is 3. The first-order valence-electron chi connectivity index (χ1n) is 5.28. The third kappa shape index (κ3) is 4.79. The van der Waals surface area contributed by atoms with Crippen LogP contribution in [0.1, 0.15) is 12.0 Å². The summed E-state index contributed by atoms with van der Waals surface area (Å²) in [4.78, 5) is 10.3. The molecular formula is C12H17NO3. The van der Waals surface area contributed by atoms with E-state index in [4.69, 9.17) is 9.84 Å². The highest BCUT2D eigenvalue weighted by Gasteiger charge is 1.97. The highest BCUT2D eigenvalue weighted by molar-refractivity contribution is 5.66. The van der Waals surface area contributed by atoms with Crippen molar-refractivity contribution in [2.45, 2.75) is 12.8 Å². The Morgan fingerprint density at radius 1 is 1.44 bits per heavy atom. The third-order valence-corrected chi connectivity index (χ3v) is 2.24. The van der Waals surface area contributed by atoms with Crippen LogP contribution in [-0.4, -0.2) is 31.3 Å². The van der Waals surface area contributed by atoms with Crippen molar-refractivity contribution in [3.05, 3.63) is 29.8 Å². The zero-order valence-electron chi connectivity index (χ0n) is 9.40. The van der Waals surface area contributed by atoms with E-state index in [1.165, 1.54) is 5.56 Å². The summed E-state index contributed by atoms with van der Waals surface area (Å²) < 4.78 is 5.12. The Hall–Kier alpha value is -1.55. The zero-order chi connectivity index (χ0) is 11.8. The van der Waals surface area contributed by atoms with Gasteiger partial charge in [0, 0.05) is 6.54 Å². The maximum absolute atomic E-state index is 10.3. The molecule has 0 saturated carbocycles. The van der Waals surface area contributed by atoms with Crippen molar-refractivity contribution in [1.29, 1.82) is 0 Å². The number of nitrogens with one attached hydrogen (secondary N) is 1. The minimum Gasteiger partial charge on any atom is -0.497 e. The lowest BCUT2D eigenvalue weighted by Crippen LogP contribution is -2.20. The molecule has 0 aliphatic rings. The van der Waals surface area contributed by atoms with Crippen LogP contribution >= 0.6 is 0 Å². The molecule has 0 heterocycles. The fourth-order valence-corrected chi connectivity index (χ4v) is 1.38. The maximum atomic E-state index is 10.3. The van der Waals surface area contributed by atoms with Crippen molar-refractivity contribution in [2.24, 2.45) is 0 Å². The molecular weight excluding hydrogens is 206 g/mol. The van der Waals surface area contributed by atoms with Gasteiger partial charge in [-0.15, -0.1) is 0 Å². The van der Waals surface area contributed by atoms with Crippen LogP contribution in [-0.2, 0) is 11.2 Å². The van der Waals surface area contributed by atoms with Crippen molar-refractivity contribution >= 4 is 5.97 Å². The Balaban J connectivity index is 2.23. The fourth-order valence-electron chi connectivity index (χ4n) is 1.38. The van der Waals surface area contributed by atoms with Crippen molar-refractivity contribution in [1.82, 2.24) is 5.32 Å². The van der Waals surface area contributed by atoms with Crippen LogP contribution in [0.2, 0.25) is 0 Å². The first kappa shape index (κ1) is 12.5. The lowest BCUT2D eigenvalue weighted by Gasteiger charge is -2.05. The molecule has 2 N–H and O–H groups in total. The fraction of sp³-hybridized carbons (Fsp3) is 0.417. The Morgan fingerprint density at radius 3 is 2.94 bits per heavy atom. The minimum absolute atomic E-state index is 0.165. The molecule has 16 heavy (non-hydrogen) atoms. The summed E-state index contributed by atoms with van der Waals surface area (Å²) in [6.45, 7) is 1.29. The molecule has 1 aromatic carbocycles. The molecule has 4 heteroatoms. The molecule has 0 atom stereocenters. The van der Waals surface area contributed by atoms with Gasteiger partial charge in [0.05, 0.1) is 13.5 Å². The highest BCUT2D eigenvalue weighted by Crippen LogP contribution is 2.12. The summed E-state index contributed by atoms with van der Waals surface area (Å²) in [6.07, 6.45) is 1.04. The van der Waals surface area contributed by atoms with Crippen molar-refractivity contribution < 1.29 is 14.6 Å². The number of carboxylic acids is 1. The summed E-state index contributed by atoms with van der Waals surface area (Å²) in [7, 11) is 1.64. The largest absolute Gasteiger partial charge is 0.497 e. The van der Waals surface area contributed by atoms with Gasteiger partial charge in [0.25, 0.3) is 0 Å². The molecule has 0 aromatic heterocycles. The van der Waals surface area contributed by atoms with E-state index >= 15 is 0 Å². The van der Waals surface area contributed by atoms with Crippen LogP contribution in [0.15, 0.2) is 24.3 Å². The Bertz CT molecular complexity index is 339. The lowest BCUT2D eigenvalue weighted by atomic mass is 10.1. The standard InChI is InChI=1S/C12H17NO3/c1-16-11-4-2-3-10(9-11)5-7-13-8-6-12(14)15/h2-4,9,13H,5-8H2,1H3,(H,14,15). The molecule has 0 amide bonds. The van der Waals surface area contributed by atoms with E-state index in [1.807, 2.05) is 24.3 Å². The van der Waals surface area contributed by atoms with E-state index in [2.05, 4.69) is 5.32 Å². The number of methoxy groups -OCH3 is 1. The second-order valence-corrected chi connectivity index (χ2v) is 3.50. The summed E-state index contributed by atoms with van der Waals surface area (Å²) in [5, 5.41) is 11.5. The lowest BCUT2D eigenvalue weighted by molar-refractivity contribution is -0.136. The van der Waals surface area contributed by atoms with Crippen molar-refractivity contribution in [2.75, 3.05) is 20.2 Å². The molecule has 0 fully saturated rings. The normalized spacial score (nSPS) is 10.1. The van der Waals surface area contributed by atoms with Gasteiger partial charge in [0.15, 0.2) is 0 Å². The summed E-state index contributed by atoms with van der Waals surface area (Å²) >= 11 is 0. The average Bonchev–Trinajstić information content (AvgIpc) is 2.28. The molecule has 0 bridgehead atoms. The van der Waals surface area contributed by atoms with Gasteiger partial charge in [-0.25, -0.2) is 0 Å². The van der Waals surface area contributed by atoms with Gasteiger partial charge in [0.1, 0.15) is 5.75 Å². The zero-order valence-corrected chi connectivity index (χ0v) is 9.40. The van der Waals surface area contributed by atoms with Crippen LogP contribution < -0.4 is 10.1 Å². The van der Waals surface area contributed by atoms with E-state index in [0.29, 0.717) is 6.54 Å². The van der Waals surface area contributed by atoms with Crippen LogP contribution in [0.25, 0.3) is 0 Å². The minimum atomic E-state index is -0.770. The number of ether oxygens (including phenoxy) is 1. The van der Waals surface area contributed by atoms with Gasteiger partial charge >= 0.3 is 5.97 Å². The highest BCUT2D eigenvalue weighted by atomic mass is 16.5. The molecule has 88 valence electrons. The predicted molar refractivity (Wildman–Crippen MR) is 61.8 cm³/mol. The molecule has 0 unspecified atom stereocenters. The van der Waals surface area contributed by atoms with Crippen molar-refractivity contribution in [3.8, 4) is 5.75 Å². The quantitative estimate of drug-likeness (QED) is 0.684. The van der Waals surface area contributed by atoms with Gasteiger partial charge in [0.2, 0.25) is 0 Å². The number of benzene rings is 1. The van der Waals surface area contributed by atoms with E-state index in [-0.39, 0.29) is 6.42 Å². The molecule has 0 aliphatic heterocycles. The molecule has 0 saturated heterocycles. The first-order chi connectivity index (χ1) is 7.72. The number of aliphatic carboxylic acids is 1. The molecule has 0 radical (unpaired) electrons. The summed E-state index contributed by atoms with van der Waals surface area (Å²) in [6, 6.07) is 7.87. The van der Waals surface area contributed by atoms with Crippen LogP contribution in [0.3, 0.4) is 0 Å². The average molecular weight is 223 g/mol. The Kier molecular flexibility index (Phi) is 5.36. The van der Waals surface area contributed by atoms with E-state index in [0.717, 1.165) is 18.7 Å². The van der Waals surface area contributed by atoms with Crippen molar-refractivity contribution in [3.63, 3.8) is 0 Å². The van der Waals surface area contributed by atoms with Gasteiger partial charge < -0.3 is 15.2 Å². The number of rotatable bonds is 7. The van der Waals surface area contributed by atoms with Crippen LogP contribution in [0.5, 0.6) is 5.75 Å². The van der Waals surface area contributed by atoms with Crippen LogP contribution in [0.4, 0.5) is 0 Å². The molecule has 4 nitrogen and oxygen atoms in total. The second-order valence-electron chi connectivity index (χ2n) is 3.50. The molecule has 0 spiro atoms. The summed E-state index contributed by atoms with van der Waals surface area (Å²) in [5.74, 6) is 0.0805. The molecule has 1 aromatic rings. The monoisotopic (exact) mass is 223 g/mol. The Labute approximate surface area is 95.2 Å². The molecule has 0 aliphatic carbocycles. The SMILES string of the molecule is COc1cccc(CCNCCC(=O)O)c1. The molecule has 1 rings (SSSR count). The van der Waals surface area contributed by atoms with E-state index in [1.54, 1.807) is 7.11 Å². The maximum Gasteiger partial charge on any atom is 0.304 e. The first-order valence-corrected chi connectivity index (χ1v) is 5.28. The number of hydrogen-bond donors (Lipinski definition) is 2. The number of carboxylic acid groups (broad SMARTS) is 1. The van der Waals surface area contributed by atoms with Gasteiger partial charge in [-0.1, -0.05) is 12.1 Å². The van der Waals surface area contributed by atoms with E-state index in [9.17, 15) is 4.79 Å². The summed E-state index contributed by atoms with van der Waals surface area (Å²) in [5.41, 5.74) is 1.18.